The Morgan fingerprint density at radius 1 is 1.17 bits per heavy atom. The molecule has 1 saturated heterocycles. The number of nitro groups is 1. The highest BCUT2D eigenvalue weighted by Crippen LogP contribution is 2.32. The van der Waals surface area contributed by atoms with E-state index in [2.05, 4.69) is 0 Å². The van der Waals surface area contributed by atoms with Crippen LogP contribution in [-0.2, 0) is 16.1 Å². The van der Waals surface area contributed by atoms with Crippen molar-refractivity contribution >= 4 is 17.3 Å². The number of benzene rings is 2. The fraction of sp³-hybridized carbons (Fsp3) is 0.350. The zero-order valence-electron chi connectivity index (χ0n) is 16.3. The molecule has 0 aromatic heterocycles. The van der Waals surface area contributed by atoms with Gasteiger partial charge in [0, 0.05) is 24.7 Å². The highest BCUT2D eigenvalue weighted by Gasteiger charge is 2.24. The predicted octanol–water partition coefficient (Wildman–Crippen LogP) is 2.81. The molecule has 0 spiro atoms. The minimum atomic E-state index is -0.661. The van der Waals surface area contributed by atoms with E-state index in [-0.39, 0.29) is 17.9 Å². The van der Waals surface area contributed by atoms with Crippen molar-refractivity contribution in [3.8, 4) is 11.5 Å². The molecule has 0 bridgehead atoms. The molecule has 0 atom stereocenters. The first-order chi connectivity index (χ1) is 14.0. The van der Waals surface area contributed by atoms with Crippen molar-refractivity contribution < 1.29 is 28.7 Å². The maximum Gasteiger partial charge on any atom is 0.338 e. The number of carbonyl (C=O) groups is 1. The van der Waals surface area contributed by atoms with Gasteiger partial charge in [-0.05, 0) is 18.2 Å². The van der Waals surface area contributed by atoms with E-state index in [0.717, 1.165) is 0 Å². The normalized spacial score (nSPS) is 13.7. The summed E-state index contributed by atoms with van der Waals surface area (Å²) in [5.41, 5.74) is 1.06. The van der Waals surface area contributed by atoms with Gasteiger partial charge >= 0.3 is 5.97 Å². The minimum absolute atomic E-state index is 0.0573. The maximum absolute atomic E-state index is 12.5. The standard InChI is InChI=1S/C20H22N2O7/c1-26-18-5-3-4-15(19(18)27-2)13-29-20(23)14-6-7-16(17(12-14)22(24)25)21-8-10-28-11-9-21/h3-7,12H,8-11,13H2,1-2H3. The molecule has 2 aromatic rings. The largest absolute Gasteiger partial charge is 0.493 e. The van der Waals surface area contributed by atoms with Gasteiger partial charge in [0.05, 0.1) is 37.9 Å². The molecule has 3 rings (SSSR count). The SMILES string of the molecule is COc1cccc(COC(=O)c2ccc(N3CCOCC3)c([N+](=O)[O-])c2)c1OC. The van der Waals surface area contributed by atoms with E-state index in [9.17, 15) is 14.9 Å². The molecule has 154 valence electrons. The van der Waals surface area contributed by atoms with Crippen LogP contribution in [0, 0.1) is 10.1 Å². The van der Waals surface area contributed by atoms with Crippen LogP contribution in [0.25, 0.3) is 0 Å². The third-order valence-electron chi connectivity index (χ3n) is 4.60. The summed E-state index contributed by atoms with van der Waals surface area (Å²) in [4.78, 5) is 25.4. The van der Waals surface area contributed by atoms with E-state index >= 15 is 0 Å². The molecule has 1 aliphatic rings. The third kappa shape index (κ3) is 4.57. The average molecular weight is 402 g/mol. The van der Waals surface area contributed by atoms with Crippen LogP contribution in [0.4, 0.5) is 11.4 Å². The first-order valence-electron chi connectivity index (χ1n) is 9.03. The Morgan fingerprint density at radius 3 is 2.59 bits per heavy atom. The monoisotopic (exact) mass is 402 g/mol. The number of methoxy groups -OCH3 is 2. The Balaban J connectivity index is 1.77. The summed E-state index contributed by atoms with van der Waals surface area (Å²) in [6, 6.07) is 9.59. The fourth-order valence-electron chi connectivity index (χ4n) is 3.16. The Labute approximate surface area is 167 Å². The molecule has 0 saturated carbocycles. The first-order valence-corrected chi connectivity index (χ1v) is 9.03. The van der Waals surface area contributed by atoms with E-state index < -0.39 is 10.9 Å². The molecule has 1 aliphatic heterocycles. The second-order valence-corrected chi connectivity index (χ2v) is 6.29. The lowest BCUT2D eigenvalue weighted by molar-refractivity contribution is -0.384. The van der Waals surface area contributed by atoms with Crippen molar-refractivity contribution in [2.75, 3.05) is 45.4 Å². The zero-order chi connectivity index (χ0) is 20.8. The third-order valence-corrected chi connectivity index (χ3v) is 4.60. The molecule has 1 heterocycles. The van der Waals surface area contributed by atoms with Crippen LogP contribution in [0.5, 0.6) is 11.5 Å². The van der Waals surface area contributed by atoms with E-state index in [1.165, 1.54) is 26.4 Å². The number of hydrogen-bond donors (Lipinski definition) is 0. The van der Waals surface area contributed by atoms with Gasteiger partial charge in [-0.25, -0.2) is 4.79 Å². The molecular formula is C20H22N2O7. The van der Waals surface area contributed by atoms with Gasteiger partial charge in [0.1, 0.15) is 12.3 Å². The molecular weight excluding hydrogens is 380 g/mol. The summed E-state index contributed by atoms with van der Waals surface area (Å²) in [5, 5.41) is 11.5. The summed E-state index contributed by atoms with van der Waals surface area (Å²) in [5.74, 6) is 0.328. The summed E-state index contributed by atoms with van der Waals surface area (Å²) in [6.07, 6.45) is 0. The van der Waals surface area contributed by atoms with Gasteiger partial charge in [0.15, 0.2) is 11.5 Å². The van der Waals surface area contributed by atoms with Crippen molar-refractivity contribution in [2.24, 2.45) is 0 Å². The van der Waals surface area contributed by atoms with Crippen molar-refractivity contribution in [3.63, 3.8) is 0 Å². The van der Waals surface area contributed by atoms with Gasteiger partial charge in [0.25, 0.3) is 5.69 Å². The Morgan fingerprint density at radius 2 is 1.93 bits per heavy atom. The number of hydrogen-bond acceptors (Lipinski definition) is 8. The highest BCUT2D eigenvalue weighted by atomic mass is 16.6. The molecule has 0 aliphatic carbocycles. The highest BCUT2D eigenvalue weighted by molar-refractivity contribution is 5.91. The van der Waals surface area contributed by atoms with Crippen LogP contribution in [0.15, 0.2) is 36.4 Å². The zero-order valence-corrected chi connectivity index (χ0v) is 16.3. The van der Waals surface area contributed by atoms with Crippen molar-refractivity contribution in [3.05, 3.63) is 57.6 Å². The van der Waals surface area contributed by atoms with Gasteiger partial charge in [0.2, 0.25) is 0 Å². The number of esters is 1. The van der Waals surface area contributed by atoms with E-state index in [0.29, 0.717) is 49.1 Å². The van der Waals surface area contributed by atoms with Crippen LogP contribution >= 0.6 is 0 Å². The van der Waals surface area contributed by atoms with Crippen molar-refractivity contribution in [1.82, 2.24) is 0 Å². The smallest absolute Gasteiger partial charge is 0.338 e. The Kier molecular flexibility index (Phi) is 6.50. The molecule has 0 radical (unpaired) electrons. The summed E-state index contributed by atoms with van der Waals surface area (Å²) in [6.45, 7) is 2.06. The number of nitrogens with zero attached hydrogens (tertiary/aromatic N) is 2. The molecule has 0 N–H and O–H groups in total. The topological polar surface area (TPSA) is 100 Å². The van der Waals surface area contributed by atoms with Gasteiger partial charge in [-0.3, -0.25) is 10.1 Å². The summed E-state index contributed by atoms with van der Waals surface area (Å²) in [7, 11) is 3.01. The maximum atomic E-state index is 12.5. The molecule has 9 heteroatoms. The lowest BCUT2D eigenvalue weighted by Crippen LogP contribution is -2.36. The van der Waals surface area contributed by atoms with Crippen LogP contribution in [-0.4, -0.2) is 51.4 Å². The molecule has 2 aromatic carbocycles. The van der Waals surface area contributed by atoms with E-state index in [1.807, 2.05) is 4.90 Å². The average Bonchev–Trinajstić information content (AvgIpc) is 2.77. The predicted molar refractivity (Wildman–Crippen MR) is 105 cm³/mol. The quantitative estimate of drug-likeness (QED) is 0.396. The number of morpholine rings is 1. The number of anilines is 1. The summed E-state index contributed by atoms with van der Waals surface area (Å²) < 4.78 is 21.2. The molecule has 0 unspecified atom stereocenters. The van der Waals surface area contributed by atoms with E-state index in [1.54, 1.807) is 24.3 Å². The van der Waals surface area contributed by atoms with Crippen LogP contribution in [0.3, 0.4) is 0 Å². The Hall–Kier alpha value is -3.33. The van der Waals surface area contributed by atoms with E-state index in [4.69, 9.17) is 18.9 Å². The van der Waals surface area contributed by atoms with Crippen LogP contribution in [0.1, 0.15) is 15.9 Å². The van der Waals surface area contributed by atoms with Gasteiger partial charge in [-0.2, -0.15) is 0 Å². The number of nitro benzene ring substituents is 1. The number of para-hydroxylation sites is 1. The van der Waals surface area contributed by atoms with Gasteiger partial charge in [-0.1, -0.05) is 12.1 Å². The second-order valence-electron chi connectivity index (χ2n) is 6.29. The number of carbonyl (C=O) groups excluding carboxylic acids is 1. The van der Waals surface area contributed by atoms with Crippen LogP contribution < -0.4 is 14.4 Å². The Bertz CT molecular complexity index is 894. The van der Waals surface area contributed by atoms with Gasteiger partial charge < -0.3 is 23.8 Å². The number of ether oxygens (including phenoxy) is 4. The van der Waals surface area contributed by atoms with Crippen molar-refractivity contribution in [2.45, 2.75) is 6.61 Å². The fourth-order valence-corrected chi connectivity index (χ4v) is 3.16. The van der Waals surface area contributed by atoms with Crippen LogP contribution in [0.2, 0.25) is 0 Å². The molecule has 9 nitrogen and oxygen atoms in total. The molecule has 29 heavy (non-hydrogen) atoms. The molecule has 1 fully saturated rings. The molecule has 0 amide bonds. The lowest BCUT2D eigenvalue weighted by atomic mass is 10.1. The second kappa shape index (κ2) is 9.24. The minimum Gasteiger partial charge on any atom is -0.493 e. The first kappa shape index (κ1) is 20.4. The lowest BCUT2D eigenvalue weighted by Gasteiger charge is -2.28. The van der Waals surface area contributed by atoms with Crippen molar-refractivity contribution in [1.29, 1.82) is 0 Å². The summed E-state index contributed by atoms with van der Waals surface area (Å²) >= 11 is 0. The van der Waals surface area contributed by atoms with Gasteiger partial charge in [-0.15, -0.1) is 0 Å². The number of rotatable bonds is 7.